The molecule has 1 aromatic carbocycles. The fourth-order valence-electron chi connectivity index (χ4n) is 3.92. The monoisotopic (exact) mass is 449 g/mol. The first-order chi connectivity index (χ1) is 14.7. The number of hydrogen-bond donors (Lipinski definition) is 3. The summed E-state index contributed by atoms with van der Waals surface area (Å²) in [6, 6.07) is 6.57. The zero-order valence-electron chi connectivity index (χ0n) is 18.1. The highest BCUT2D eigenvalue weighted by Crippen LogP contribution is 2.14. The van der Waals surface area contributed by atoms with Gasteiger partial charge in [0.25, 0.3) is 0 Å². The molecule has 0 saturated carbocycles. The number of carbonyl (C=O) groups is 2. The van der Waals surface area contributed by atoms with E-state index >= 15 is 0 Å². The number of nitrogens with zero attached hydrogens (tertiary/aromatic N) is 2. The van der Waals surface area contributed by atoms with Crippen molar-refractivity contribution in [3.63, 3.8) is 0 Å². The van der Waals surface area contributed by atoms with Crippen molar-refractivity contribution >= 4 is 27.7 Å². The average Bonchev–Trinajstić information content (AvgIpc) is 3.40. The molecule has 0 spiro atoms. The number of hydrogen-bond acceptors (Lipinski definition) is 6. The van der Waals surface area contributed by atoms with E-state index in [2.05, 4.69) is 20.3 Å². The summed E-state index contributed by atoms with van der Waals surface area (Å²) in [5.74, 6) is 0.416. The quantitative estimate of drug-likeness (QED) is 0.491. The van der Waals surface area contributed by atoms with Gasteiger partial charge in [-0.1, -0.05) is 24.3 Å². The summed E-state index contributed by atoms with van der Waals surface area (Å²) in [6.45, 7) is 4.62. The van der Waals surface area contributed by atoms with E-state index in [1.807, 2.05) is 24.3 Å². The fraction of sp³-hybridized carbons (Fsp3) is 0.571. The van der Waals surface area contributed by atoms with Gasteiger partial charge in [-0.25, -0.2) is 13.1 Å². The minimum atomic E-state index is -3.41. The Labute approximate surface area is 183 Å². The van der Waals surface area contributed by atoms with Crippen LogP contribution in [0.2, 0.25) is 0 Å². The van der Waals surface area contributed by atoms with Crippen LogP contribution < -0.4 is 15.4 Å². The van der Waals surface area contributed by atoms with Crippen LogP contribution in [0, 0.1) is 0 Å². The molecule has 2 aliphatic rings. The molecule has 10 heteroatoms. The van der Waals surface area contributed by atoms with Crippen LogP contribution in [0.5, 0.6) is 0 Å². The molecular weight excluding hydrogens is 418 g/mol. The van der Waals surface area contributed by atoms with Gasteiger partial charge in [-0.15, -0.1) is 0 Å². The van der Waals surface area contributed by atoms with Crippen LogP contribution in [-0.2, 0) is 26.0 Å². The first-order valence-corrected chi connectivity index (χ1v) is 12.5. The van der Waals surface area contributed by atoms with Crippen molar-refractivity contribution in [1.82, 2.24) is 20.3 Å². The number of likely N-dealkylation sites (tertiary alicyclic amines) is 1. The van der Waals surface area contributed by atoms with Gasteiger partial charge in [0, 0.05) is 44.1 Å². The molecule has 0 radical (unpaired) electrons. The predicted molar refractivity (Wildman–Crippen MR) is 119 cm³/mol. The number of amides is 2. The maximum absolute atomic E-state index is 13.0. The van der Waals surface area contributed by atoms with E-state index in [1.165, 1.54) is 0 Å². The summed E-state index contributed by atoms with van der Waals surface area (Å²) >= 11 is 0. The first-order valence-electron chi connectivity index (χ1n) is 10.6. The minimum Gasteiger partial charge on any atom is -0.368 e. The Kier molecular flexibility index (Phi) is 7.66. The van der Waals surface area contributed by atoms with Gasteiger partial charge in [0.05, 0.1) is 12.8 Å². The lowest BCUT2D eigenvalue weighted by atomic mass is 10.0. The van der Waals surface area contributed by atoms with E-state index < -0.39 is 22.1 Å². The summed E-state index contributed by atoms with van der Waals surface area (Å²) in [6.07, 6.45) is 3.31. The largest absolute Gasteiger partial charge is 0.368 e. The van der Waals surface area contributed by atoms with E-state index in [0.29, 0.717) is 19.5 Å². The molecule has 9 nitrogen and oxygen atoms in total. The highest BCUT2D eigenvalue weighted by molar-refractivity contribution is 7.88. The molecule has 1 aromatic rings. The van der Waals surface area contributed by atoms with Crippen LogP contribution >= 0.6 is 0 Å². The van der Waals surface area contributed by atoms with Crippen molar-refractivity contribution < 1.29 is 18.0 Å². The lowest BCUT2D eigenvalue weighted by Gasteiger charge is -2.25. The zero-order valence-corrected chi connectivity index (χ0v) is 18.9. The van der Waals surface area contributed by atoms with E-state index in [1.54, 1.807) is 11.8 Å². The topological polar surface area (TPSA) is 120 Å². The van der Waals surface area contributed by atoms with Crippen molar-refractivity contribution in [2.24, 2.45) is 4.99 Å². The van der Waals surface area contributed by atoms with Crippen LogP contribution in [0.3, 0.4) is 0 Å². The molecular formula is C21H31N5O4S. The summed E-state index contributed by atoms with van der Waals surface area (Å²) in [7, 11) is -3.41. The highest BCUT2D eigenvalue weighted by Gasteiger charge is 2.28. The lowest BCUT2D eigenvalue weighted by molar-refractivity contribution is -0.135. The van der Waals surface area contributed by atoms with E-state index in [9.17, 15) is 18.0 Å². The number of aliphatic imine (C=N–C) groups is 1. The molecule has 3 rings (SSSR count). The minimum absolute atomic E-state index is 0.0404. The van der Waals surface area contributed by atoms with E-state index in [0.717, 1.165) is 49.1 Å². The highest BCUT2D eigenvalue weighted by atomic mass is 32.2. The van der Waals surface area contributed by atoms with Gasteiger partial charge in [0.2, 0.25) is 21.8 Å². The molecule has 2 heterocycles. The Balaban J connectivity index is 1.67. The second-order valence-electron chi connectivity index (χ2n) is 8.21. The number of sulfonamides is 1. The Morgan fingerprint density at radius 3 is 2.45 bits per heavy atom. The van der Waals surface area contributed by atoms with Crippen LogP contribution in [0.1, 0.15) is 37.3 Å². The third kappa shape index (κ3) is 7.03. The smallest absolute Gasteiger partial charge is 0.245 e. The third-order valence-electron chi connectivity index (χ3n) is 5.30. The van der Waals surface area contributed by atoms with Crippen LogP contribution in [0.25, 0.3) is 0 Å². The molecule has 2 atom stereocenters. The molecule has 1 fully saturated rings. The van der Waals surface area contributed by atoms with Crippen molar-refractivity contribution in [2.75, 3.05) is 32.4 Å². The Bertz CT molecular complexity index is 924. The van der Waals surface area contributed by atoms with Crippen LogP contribution in [-0.4, -0.2) is 75.5 Å². The zero-order chi connectivity index (χ0) is 22.4. The van der Waals surface area contributed by atoms with Crippen molar-refractivity contribution in [2.45, 2.75) is 44.7 Å². The summed E-state index contributed by atoms with van der Waals surface area (Å²) in [5.41, 5.74) is 1.93. The van der Waals surface area contributed by atoms with Gasteiger partial charge in [-0.2, -0.15) is 0 Å². The molecule has 3 N–H and O–H groups in total. The van der Waals surface area contributed by atoms with Crippen molar-refractivity contribution in [3.8, 4) is 0 Å². The molecule has 2 amide bonds. The Morgan fingerprint density at radius 2 is 1.87 bits per heavy atom. The molecule has 31 heavy (non-hydrogen) atoms. The van der Waals surface area contributed by atoms with Gasteiger partial charge >= 0.3 is 0 Å². The van der Waals surface area contributed by atoms with Crippen LogP contribution in [0.4, 0.5) is 0 Å². The molecule has 170 valence electrons. The molecule has 0 bridgehead atoms. The Hall–Kier alpha value is -2.46. The summed E-state index contributed by atoms with van der Waals surface area (Å²) < 4.78 is 25.1. The summed E-state index contributed by atoms with van der Waals surface area (Å²) in [5, 5.41) is 6.06. The molecule has 0 aliphatic carbocycles. The first kappa shape index (κ1) is 23.2. The maximum atomic E-state index is 13.0. The average molecular weight is 450 g/mol. The second kappa shape index (κ2) is 10.2. The van der Waals surface area contributed by atoms with Gasteiger partial charge in [0.15, 0.2) is 0 Å². The maximum Gasteiger partial charge on any atom is 0.245 e. The van der Waals surface area contributed by atoms with E-state index in [4.69, 9.17) is 0 Å². The summed E-state index contributed by atoms with van der Waals surface area (Å²) in [4.78, 5) is 31.8. The van der Waals surface area contributed by atoms with E-state index in [-0.39, 0.29) is 18.2 Å². The van der Waals surface area contributed by atoms with Crippen molar-refractivity contribution in [3.05, 3.63) is 35.4 Å². The lowest BCUT2D eigenvalue weighted by Crippen LogP contribution is -2.50. The number of nitrogens with one attached hydrogen (secondary N) is 3. The van der Waals surface area contributed by atoms with Gasteiger partial charge in [-0.3, -0.25) is 14.6 Å². The fourth-order valence-corrected chi connectivity index (χ4v) is 4.74. The van der Waals surface area contributed by atoms with Gasteiger partial charge in [0.1, 0.15) is 11.9 Å². The third-order valence-corrected chi connectivity index (χ3v) is 6.13. The molecule has 0 aromatic heterocycles. The number of carbonyl (C=O) groups excluding carboxylic acids is 2. The predicted octanol–water partition coefficient (Wildman–Crippen LogP) is 0.0139. The molecule has 1 saturated heterocycles. The number of benzene rings is 1. The number of amidine groups is 1. The molecule has 2 aliphatic heterocycles. The van der Waals surface area contributed by atoms with Crippen molar-refractivity contribution in [1.29, 1.82) is 0 Å². The SMILES string of the molecule is CC(CC(=O)NC(Cc1ccc(C2=NCCN2)cc1)C(=O)N1CCCC1)NS(C)(=O)=O. The molecule has 2 unspecified atom stereocenters. The van der Waals surface area contributed by atoms with Gasteiger partial charge < -0.3 is 15.5 Å². The standard InChI is InChI=1S/C21H31N5O4S/c1-15(25-31(2,29)30)13-19(27)24-18(21(28)26-11-3-4-12-26)14-16-5-7-17(8-6-16)20-22-9-10-23-20/h5-8,15,18,25H,3-4,9-14H2,1-2H3,(H,22,23)(H,24,27). The normalized spacial score (nSPS) is 18.3. The van der Waals surface area contributed by atoms with Crippen LogP contribution in [0.15, 0.2) is 29.3 Å². The number of rotatable bonds is 9. The second-order valence-corrected chi connectivity index (χ2v) is 9.99. The Morgan fingerprint density at radius 1 is 1.19 bits per heavy atom. The van der Waals surface area contributed by atoms with Gasteiger partial charge in [-0.05, 0) is 25.3 Å².